The van der Waals surface area contributed by atoms with E-state index in [1.807, 2.05) is 0 Å². The predicted molar refractivity (Wildman–Crippen MR) is 55.9 cm³/mol. The lowest BCUT2D eigenvalue weighted by Crippen LogP contribution is -2.20. The summed E-state index contributed by atoms with van der Waals surface area (Å²) in [6.45, 7) is 4.60. The summed E-state index contributed by atoms with van der Waals surface area (Å²) in [5.41, 5.74) is 0. The minimum absolute atomic E-state index is 0.623. The van der Waals surface area contributed by atoms with E-state index in [9.17, 15) is 0 Å². The number of hydrogen-bond acceptors (Lipinski definition) is 5. The van der Waals surface area contributed by atoms with Crippen LogP contribution in [0.3, 0.4) is 0 Å². The lowest BCUT2D eigenvalue weighted by atomic mass is 10.4. The van der Waals surface area contributed by atoms with E-state index in [2.05, 4.69) is 21.6 Å². The molecule has 5 heteroatoms. The first-order chi connectivity index (χ1) is 6.90. The van der Waals surface area contributed by atoms with Crippen molar-refractivity contribution in [2.75, 3.05) is 19.7 Å². The SMILES string of the molecule is CCNCCOc1nc(C2CC2)ns1. The van der Waals surface area contributed by atoms with Crippen LogP contribution in [0.4, 0.5) is 0 Å². The monoisotopic (exact) mass is 213 g/mol. The molecule has 1 aliphatic rings. The number of nitrogens with one attached hydrogen (secondary N) is 1. The van der Waals surface area contributed by atoms with Crippen LogP contribution in [-0.4, -0.2) is 29.1 Å². The summed E-state index contributed by atoms with van der Waals surface area (Å²) in [7, 11) is 0. The number of aromatic nitrogens is 2. The molecule has 1 fully saturated rings. The highest BCUT2D eigenvalue weighted by molar-refractivity contribution is 7.07. The molecule has 1 aromatic heterocycles. The molecule has 1 saturated carbocycles. The van der Waals surface area contributed by atoms with Crippen LogP contribution >= 0.6 is 11.5 Å². The van der Waals surface area contributed by atoms with E-state index in [1.165, 1.54) is 24.4 Å². The van der Waals surface area contributed by atoms with Crippen molar-refractivity contribution in [2.24, 2.45) is 0 Å². The van der Waals surface area contributed by atoms with Crippen LogP contribution in [-0.2, 0) is 0 Å². The molecule has 78 valence electrons. The van der Waals surface area contributed by atoms with Gasteiger partial charge < -0.3 is 10.1 Å². The van der Waals surface area contributed by atoms with Gasteiger partial charge in [-0.3, -0.25) is 0 Å². The second-order valence-electron chi connectivity index (χ2n) is 3.39. The summed E-state index contributed by atoms with van der Waals surface area (Å²) in [4.78, 5) is 4.33. The van der Waals surface area contributed by atoms with Gasteiger partial charge in [-0.1, -0.05) is 6.92 Å². The number of rotatable bonds is 6. The maximum absolute atomic E-state index is 5.45. The third-order valence-electron chi connectivity index (χ3n) is 2.12. The first-order valence-electron chi connectivity index (χ1n) is 5.07. The average molecular weight is 213 g/mol. The smallest absolute Gasteiger partial charge is 0.293 e. The number of likely N-dealkylation sites (N-methyl/N-ethyl adjacent to an activating group) is 1. The maximum atomic E-state index is 5.45. The molecule has 0 saturated heterocycles. The molecule has 1 heterocycles. The summed E-state index contributed by atoms with van der Waals surface area (Å²) < 4.78 is 9.71. The summed E-state index contributed by atoms with van der Waals surface area (Å²) in [6, 6.07) is 0. The Hall–Kier alpha value is -0.680. The minimum Gasteiger partial charge on any atom is -0.468 e. The Bertz CT molecular complexity index is 285. The van der Waals surface area contributed by atoms with Gasteiger partial charge in [-0.25, -0.2) is 0 Å². The van der Waals surface area contributed by atoms with Crippen LogP contribution in [0.15, 0.2) is 0 Å². The Morgan fingerprint density at radius 3 is 3.14 bits per heavy atom. The Kier molecular flexibility index (Phi) is 3.31. The molecule has 1 aromatic rings. The Labute approximate surface area is 87.9 Å². The molecule has 0 radical (unpaired) electrons. The zero-order chi connectivity index (χ0) is 9.80. The van der Waals surface area contributed by atoms with E-state index in [1.54, 1.807) is 0 Å². The van der Waals surface area contributed by atoms with Gasteiger partial charge in [0.2, 0.25) is 0 Å². The molecule has 1 aliphatic carbocycles. The van der Waals surface area contributed by atoms with E-state index in [-0.39, 0.29) is 0 Å². The fourth-order valence-electron chi connectivity index (χ4n) is 1.17. The third kappa shape index (κ3) is 2.65. The van der Waals surface area contributed by atoms with Gasteiger partial charge in [0, 0.05) is 24.0 Å². The molecule has 0 bridgehead atoms. The van der Waals surface area contributed by atoms with Gasteiger partial charge >= 0.3 is 0 Å². The summed E-state index contributed by atoms with van der Waals surface area (Å²) >= 11 is 1.36. The van der Waals surface area contributed by atoms with Gasteiger partial charge in [-0.15, -0.1) is 0 Å². The highest BCUT2D eigenvalue weighted by atomic mass is 32.1. The van der Waals surface area contributed by atoms with Gasteiger partial charge in [0.1, 0.15) is 12.4 Å². The second kappa shape index (κ2) is 4.70. The summed E-state index contributed by atoms with van der Waals surface area (Å²) in [6.07, 6.45) is 2.49. The van der Waals surface area contributed by atoms with Gasteiger partial charge in [0.25, 0.3) is 5.19 Å². The van der Waals surface area contributed by atoms with Crippen LogP contribution in [0.2, 0.25) is 0 Å². The molecule has 0 atom stereocenters. The lowest BCUT2D eigenvalue weighted by Gasteiger charge is -2.01. The van der Waals surface area contributed by atoms with Crippen LogP contribution in [0, 0.1) is 0 Å². The highest BCUT2D eigenvalue weighted by Gasteiger charge is 2.27. The van der Waals surface area contributed by atoms with E-state index >= 15 is 0 Å². The number of nitrogens with zero attached hydrogens (tertiary/aromatic N) is 2. The molecule has 2 rings (SSSR count). The zero-order valence-corrected chi connectivity index (χ0v) is 9.14. The molecule has 4 nitrogen and oxygen atoms in total. The first kappa shape index (κ1) is 9.86. The normalized spacial score (nSPS) is 15.8. The molecule has 0 spiro atoms. The zero-order valence-electron chi connectivity index (χ0n) is 8.32. The van der Waals surface area contributed by atoms with Crippen molar-refractivity contribution in [1.29, 1.82) is 0 Å². The largest absolute Gasteiger partial charge is 0.468 e. The van der Waals surface area contributed by atoms with Crippen molar-refractivity contribution < 1.29 is 4.74 Å². The molecule has 1 N–H and O–H groups in total. The van der Waals surface area contributed by atoms with E-state index < -0.39 is 0 Å². The van der Waals surface area contributed by atoms with Gasteiger partial charge in [-0.2, -0.15) is 9.36 Å². The highest BCUT2D eigenvalue weighted by Crippen LogP contribution is 2.39. The fourth-order valence-corrected chi connectivity index (χ4v) is 1.81. The van der Waals surface area contributed by atoms with Gasteiger partial charge in [0.15, 0.2) is 0 Å². The number of hydrogen-bond donors (Lipinski definition) is 1. The maximum Gasteiger partial charge on any atom is 0.293 e. The van der Waals surface area contributed by atoms with Crippen LogP contribution in [0.25, 0.3) is 0 Å². The van der Waals surface area contributed by atoms with Crippen molar-refractivity contribution in [3.05, 3.63) is 5.82 Å². The fraction of sp³-hybridized carbons (Fsp3) is 0.778. The first-order valence-corrected chi connectivity index (χ1v) is 5.84. The summed E-state index contributed by atoms with van der Waals surface area (Å²) in [5.74, 6) is 1.60. The standard InChI is InChI=1S/C9H15N3OS/c1-2-10-5-6-13-9-11-8(12-14-9)7-3-4-7/h7,10H,2-6H2,1H3. The van der Waals surface area contributed by atoms with E-state index in [0.717, 1.165) is 18.9 Å². The van der Waals surface area contributed by atoms with Crippen LogP contribution in [0.1, 0.15) is 31.5 Å². The third-order valence-corrected chi connectivity index (χ3v) is 2.76. The summed E-state index contributed by atoms with van der Waals surface area (Å²) in [5, 5.41) is 3.90. The Balaban J connectivity index is 1.72. The van der Waals surface area contributed by atoms with Crippen LogP contribution < -0.4 is 10.1 Å². The van der Waals surface area contributed by atoms with Crippen molar-refractivity contribution >= 4 is 11.5 Å². The molecule has 0 unspecified atom stereocenters. The topological polar surface area (TPSA) is 47.0 Å². The molecule has 0 aromatic carbocycles. The Morgan fingerprint density at radius 2 is 2.43 bits per heavy atom. The molecular formula is C9H15N3OS. The van der Waals surface area contributed by atoms with Crippen molar-refractivity contribution in [2.45, 2.75) is 25.7 Å². The average Bonchev–Trinajstić information content (AvgIpc) is 2.94. The molecular weight excluding hydrogens is 198 g/mol. The second-order valence-corrected chi connectivity index (χ2v) is 4.11. The minimum atomic E-state index is 0.623. The Morgan fingerprint density at radius 1 is 1.57 bits per heavy atom. The van der Waals surface area contributed by atoms with Gasteiger partial charge in [-0.05, 0) is 19.4 Å². The van der Waals surface area contributed by atoms with Crippen LogP contribution in [0.5, 0.6) is 5.19 Å². The molecule has 0 amide bonds. The molecule has 14 heavy (non-hydrogen) atoms. The van der Waals surface area contributed by atoms with Crippen molar-refractivity contribution in [1.82, 2.24) is 14.7 Å². The van der Waals surface area contributed by atoms with E-state index in [0.29, 0.717) is 17.7 Å². The number of ether oxygens (including phenoxy) is 1. The van der Waals surface area contributed by atoms with E-state index in [4.69, 9.17) is 4.74 Å². The molecule has 0 aliphatic heterocycles. The van der Waals surface area contributed by atoms with Gasteiger partial charge in [0.05, 0.1) is 0 Å². The lowest BCUT2D eigenvalue weighted by molar-refractivity contribution is 0.313. The van der Waals surface area contributed by atoms with Crippen molar-refractivity contribution in [3.63, 3.8) is 0 Å². The quantitative estimate of drug-likeness (QED) is 0.726. The van der Waals surface area contributed by atoms with Crippen molar-refractivity contribution in [3.8, 4) is 5.19 Å². The predicted octanol–water partition coefficient (Wildman–Crippen LogP) is 1.40.